The lowest BCUT2D eigenvalue weighted by Crippen LogP contribution is -2.42. The van der Waals surface area contributed by atoms with Gasteiger partial charge >= 0.3 is 0 Å². The van der Waals surface area contributed by atoms with Crippen molar-refractivity contribution in [1.82, 2.24) is 15.2 Å². The Morgan fingerprint density at radius 3 is 2.88 bits per heavy atom. The molecule has 1 aromatic carbocycles. The van der Waals surface area contributed by atoms with Crippen LogP contribution in [0, 0.1) is 0 Å². The first-order valence-corrected chi connectivity index (χ1v) is 6.40. The fraction of sp³-hybridized carbons (Fsp3) is 0.385. The molecule has 3 rings (SSSR count). The minimum atomic E-state index is 0.808. The van der Waals surface area contributed by atoms with Crippen molar-refractivity contribution in [3.8, 4) is 0 Å². The van der Waals surface area contributed by atoms with Gasteiger partial charge in [0, 0.05) is 44.3 Å². The SMILES string of the molecule is Clc1c[nH]c2c(CN3CCNCC3)cccc12. The average molecular weight is 250 g/mol. The summed E-state index contributed by atoms with van der Waals surface area (Å²) in [5.41, 5.74) is 2.51. The highest BCUT2D eigenvalue weighted by molar-refractivity contribution is 6.35. The second-order valence-corrected chi connectivity index (χ2v) is 4.91. The van der Waals surface area contributed by atoms with E-state index >= 15 is 0 Å². The maximum atomic E-state index is 6.13. The number of para-hydroxylation sites is 1. The van der Waals surface area contributed by atoms with Crippen LogP contribution in [0.1, 0.15) is 5.56 Å². The summed E-state index contributed by atoms with van der Waals surface area (Å²) in [6, 6.07) is 6.33. The molecule has 1 aliphatic rings. The number of nitrogens with zero attached hydrogens (tertiary/aromatic N) is 1. The number of hydrogen-bond acceptors (Lipinski definition) is 2. The van der Waals surface area contributed by atoms with Crippen molar-refractivity contribution in [3.63, 3.8) is 0 Å². The van der Waals surface area contributed by atoms with E-state index in [-0.39, 0.29) is 0 Å². The number of hydrogen-bond donors (Lipinski definition) is 2. The molecule has 0 saturated carbocycles. The molecule has 0 atom stereocenters. The van der Waals surface area contributed by atoms with E-state index in [2.05, 4.69) is 33.4 Å². The van der Waals surface area contributed by atoms with Gasteiger partial charge in [-0.3, -0.25) is 4.90 Å². The molecule has 1 fully saturated rings. The molecule has 4 heteroatoms. The molecule has 90 valence electrons. The Labute approximate surface area is 106 Å². The van der Waals surface area contributed by atoms with Crippen molar-refractivity contribution >= 4 is 22.5 Å². The Kier molecular flexibility index (Phi) is 3.05. The zero-order valence-corrected chi connectivity index (χ0v) is 10.4. The topological polar surface area (TPSA) is 31.1 Å². The van der Waals surface area contributed by atoms with Gasteiger partial charge in [0.05, 0.1) is 10.5 Å². The summed E-state index contributed by atoms with van der Waals surface area (Å²) in [6.07, 6.45) is 1.87. The quantitative estimate of drug-likeness (QED) is 0.855. The first kappa shape index (κ1) is 11.1. The van der Waals surface area contributed by atoms with E-state index in [4.69, 9.17) is 11.6 Å². The predicted molar refractivity (Wildman–Crippen MR) is 71.5 cm³/mol. The Morgan fingerprint density at radius 1 is 1.24 bits per heavy atom. The molecule has 1 aliphatic heterocycles. The number of fused-ring (bicyclic) bond motifs is 1. The second kappa shape index (κ2) is 4.69. The Hall–Kier alpha value is -1.03. The molecule has 3 nitrogen and oxygen atoms in total. The molecule has 0 amide bonds. The first-order chi connectivity index (χ1) is 8.34. The zero-order valence-electron chi connectivity index (χ0n) is 9.67. The van der Waals surface area contributed by atoms with Gasteiger partial charge in [-0.15, -0.1) is 0 Å². The molecule has 0 spiro atoms. The third kappa shape index (κ3) is 2.18. The van der Waals surface area contributed by atoms with Crippen LogP contribution in [-0.2, 0) is 6.54 Å². The van der Waals surface area contributed by atoms with E-state index in [1.807, 2.05) is 6.20 Å². The number of aromatic nitrogens is 1. The first-order valence-electron chi connectivity index (χ1n) is 6.02. The maximum Gasteiger partial charge on any atom is 0.0659 e. The molecule has 0 bridgehead atoms. The summed E-state index contributed by atoms with van der Waals surface area (Å²) in [5.74, 6) is 0. The summed E-state index contributed by atoms with van der Waals surface area (Å²) >= 11 is 6.13. The average Bonchev–Trinajstić information content (AvgIpc) is 2.74. The van der Waals surface area contributed by atoms with Crippen LogP contribution in [-0.4, -0.2) is 36.1 Å². The van der Waals surface area contributed by atoms with Gasteiger partial charge in [-0.1, -0.05) is 29.8 Å². The van der Waals surface area contributed by atoms with Gasteiger partial charge in [-0.05, 0) is 5.56 Å². The number of H-pyrrole nitrogens is 1. The summed E-state index contributed by atoms with van der Waals surface area (Å²) < 4.78 is 0. The highest BCUT2D eigenvalue weighted by Crippen LogP contribution is 2.26. The molecule has 0 unspecified atom stereocenters. The van der Waals surface area contributed by atoms with Crippen LogP contribution >= 0.6 is 11.6 Å². The molecule has 2 aromatic rings. The van der Waals surface area contributed by atoms with Crippen molar-refractivity contribution in [1.29, 1.82) is 0 Å². The third-order valence-corrected chi connectivity index (χ3v) is 3.67. The molecule has 17 heavy (non-hydrogen) atoms. The largest absolute Gasteiger partial charge is 0.359 e. The molecule has 0 radical (unpaired) electrons. The second-order valence-electron chi connectivity index (χ2n) is 4.50. The fourth-order valence-electron chi connectivity index (χ4n) is 2.42. The Bertz CT molecular complexity index is 514. The number of aromatic amines is 1. The lowest BCUT2D eigenvalue weighted by Gasteiger charge is -2.27. The van der Waals surface area contributed by atoms with Crippen LogP contribution in [0.25, 0.3) is 10.9 Å². The van der Waals surface area contributed by atoms with Gasteiger partial charge in [0.1, 0.15) is 0 Å². The van der Waals surface area contributed by atoms with E-state index in [0.29, 0.717) is 0 Å². The smallest absolute Gasteiger partial charge is 0.0659 e. The van der Waals surface area contributed by atoms with Crippen molar-refractivity contribution in [2.24, 2.45) is 0 Å². The molecule has 1 aromatic heterocycles. The Balaban J connectivity index is 1.89. The number of rotatable bonds is 2. The lowest BCUT2D eigenvalue weighted by atomic mass is 10.1. The van der Waals surface area contributed by atoms with Crippen LogP contribution in [0.15, 0.2) is 24.4 Å². The number of piperazine rings is 1. The standard InChI is InChI=1S/C13H16ClN3/c14-12-8-16-13-10(2-1-3-11(12)13)9-17-6-4-15-5-7-17/h1-3,8,15-16H,4-7,9H2. The minimum Gasteiger partial charge on any atom is -0.359 e. The van der Waals surface area contributed by atoms with Crippen LogP contribution in [0.3, 0.4) is 0 Å². The van der Waals surface area contributed by atoms with Crippen molar-refractivity contribution in [2.45, 2.75) is 6.54 Å². The van der Waals surface area contributed by atoms with Gasteiger partial charge in [-0.2, -0.15) is 0 Å². The van der Waals surface area contributed by atoms with Gasteiger partial charge < -0.3 is 10.3 Å². The van der Waals surface area contributed by atoms with Gasteiger partial charge in [0.2, 0.25) is 0 Å². The summed E-state index contributed by atoms with van der Waals surface area (Å²) in [5, 5.41) is 5.30. The van der Waals surface area contributed by atoms with Gasteiger partial charge in [0.25, 0.3) is 0 Å². The van der Waals surface area contributed by atoms with Crippen molar-refractivity contribution in [2.75, 3.05) is 26.2 Å². The molecule has 1 saturated heterocycles. The van der Waals surface area contributed by atoms with Crippen molar-refractivity contribution in [3.05, 3.63) is 35.0 Å². The molecule has 0 aliphatic carbocycles. The van der Waals surface area contributed by atoms with Gasteiger partial charge in [-0.25, -0.2) is 0 Å². The normalized spacial score (nSPS) is 17.7. The van der Waals surface area contributed by atoms with E-state index in [1.54, 1.807) is 0 Å². The summed E-state index contributed by atoms with van der Waals surface area (Å²) in [6.45, 7) is 5.40. The van der Waals surface area contributed by atoms with Crippen LogP contribution < -0.4 is 5.32 Å². The number of benzene rings is 1. The third-order valence-electron chi connectivity index (χ3n) is 3.35. The zero-order chi connectivity index (χ0) is 11.7. The highest BCUT2D eigenvalue weighted by atomic mass is 35.5. The van der Waals surface area contributed by atoms with E-state index in [9.17, 15) is 0 Å². The van der Waals surface area contributed by atoms with Crippen LogP contribution in [0.5, 0.6) is 0 Å². The van der Waals surface area contributed by atoms with Crippen LogP contribution in [0.2, 0.25) is 5.02 Å². The maximum absolute atomic E-state index is 6.13. The van der Waals surface area contributed by atoms with E-state index < -0.39 is 0 Å². The minimum absolute atomic E-state index is 0.808. The molecule has 2 heterocycles. The molecule has 2 N–H and O–H groups in total. The highest BCUT2D eigenvalue weighted by Gasteiger charge is 2.12. The van der Waals surface area contributed by atoms with Gasteiger partial charge in [0.15, 0.2) is 0 Å². The molecular weight excluding hydrogens is 234 g/mol. The molecular formula is C13H16ClN3. The van der Waals surface area contributed by atoms with E-state index in [1.165, 1.54) is 11.1 Å². The Morgan fingerprint density at radius 2 is 2.06 bits per heavy atom. The summed E-state index contributed by atoms with van der Waals surface area (Å²) in [7, 11) is 0. The van der Waals surface area contributed by atoms with E-state index in [0.717, 1.165) is 43.1 Å². The van der Waals surface area contributed by atoms with Crippen molar-refractivity contribution < 1.29 is 0 Å². The monoisotopic (exact) mass is 249 g/mol. The number of nitrogens with one attached hydrogen (secondary N) is 2. The summed E-state index contributed by atoms with van der Waals surface area (Å²) in [4.78, 5) is 5.74. The predicted octanol–water partition coefficient (Wildman–Crippen LogP) is 2.23. The van der Waals surface area contributed by atoms with Crippen LogP contribution in [0.4, 0.5) is 0 Å². The number of halogens is 1. The lowest BCUT2D eigenvalue weighted by molar-refractivity contribution is 0.234. The fourth-order valence-corrected chi connectivity index (χ4v) is 2.64.